The number of piperidine rings is 1. The third-order valence-corrected chi connectivity index (χ3v) is 5.44. The summed E-state index contributed by atoms with van der Waals surface area (Å²) in [5.41, 5.74) is 6.01. The molecule has 5 atom stereocenters. The average Bonchev–Trinajstić information content (AvgIpc) is 2.36. The zero-order chi connectivity index (χ0) is 16.3. The molecule has 6 heteroatoms. The number of nitrogens with one attached hydrogen (secondary N) is 1. The highest BCUT2D eigenvalue weighted by atomic mass is 35.5. The first-order chi connectivity index (χ1) is 10.3. The van der Waals surface area contributed by atoms with Crippen LogP contribution in [0.1, 0.15) is 59.8 Å². The molecule has 0 bridgehead atoms. The first-order valence-electron chi connectivity index (χ1n) is 9.09. The van der Waals surface area contributed by atoms with Crippen LogP contribution in [0.15, 0.2) is 0 Å². The molecule has 1 saturated carbocycles. The minimum atomic E-state index is -0.337. The molecule has 2 aliphatic rings. The molecular formula is C18H37Cl2N3O. The Hall–Kier alpha value is -0.0300. The van der Waals surface area contributed by atoms with Gasteiger partial charge in [0.25, 0.3) is 0 Å². The molecule has 0 radical (unpaired) electrons. The lowest BCUT2D eigenvalue weighted by Gasteiger charge is -2.39. The van der Waals surface area contributed by atoms with E-state index < -0.39 is 0 Å². The molecule has 144 valence electrons. The molecular weight excluding hydrogens is 345 g/mol. The second-order valence-corrected chi connectivity index (χ2v) is 8.38. The first-order valence-corrected chi connectivity index (χ1v) is 9.09. The molecule has 5 unspecified atom stereocenters. The SMILES string of the molecule is CC1CC(C)CN(CC(C)NC(=O)C2CCCCC2(C)N)C1.Cl.Cl. The van der Waals surface area contributed by atoms with Crippen molar-refractivity contribution in [3.05, 3.63) is 0 Å². The molecule has 0 aromatic heterocycles. The molecule has 2 rings (SSSR count). The van der Waals surface area contributed by atoms with Crippen LogP contribution in [0.3, 0.4) is 0 Å². The lowest BCUT2D eigenvalue weighted by molar-refractivity contribution is -0.128. The van der Waals surface area contributed by atoms with Crippen molar-refractivity contribution >= 4 is 30.7 Å². The quantitative estimate of drug-likeness (QED) is 0.785. The van der Waals surface area contributed by atoms with Gasteiger partial charge in [-0.2, -0.15) is 0 Å². The van der Waals surface area contributed by atoms with Crippen molar-refractivity contribution in [1.29, 1.82) is 0 Å². The Morgan fingerprint density at radius 1 is 1.25 bits per heavy atom. The zero-order valence-electron chi connectivity index (χ0n) is 15.7. The van der Waals surface area contributed by atoms with Crippen molar-refractivity contribution in [2.24, 2.45) is 23.5 Å². The van der Waals surface area contributed by atoms with Crippen LogP contribution in [0.5, 0.6) is 0 Å². The molecule has 2 fully saturated rings. The van der Waals surface area contributed by atoms with Gasteiger partial charge in [-0.1, -0.05) is 26.7 Å². The van der Waals surface area contributed by atoms with Crippen molar-refractivity contribution in [1.82, 2.24) is 10.2 Å². The van der Waals surface area contributed by atoms with E-state index in [1.165, 1.54) is 6.42 Å². The third kappa shape index (κ3) is 6.70. The summed E-state index contributed by atoms with van der Waals surface area (Å²) < 4.78 is 0. The second kappa shape index (κ2) is 10.2. The number of carbonyl (C=O) groups is 1. The van der Waals surface area contributed by atoms with Gasteiger partial charge >= 0.3 is 0 Å². The number of nitrogens with two attached hydrogens (primary N) is 1. The highest BCUT2D eigenvalue weighted by Crippen LogP contribution is 2.31. The molecule has 0 aromatic carbocycles. The van der Waals surface area contributed by atoms with Crippen LogP contribution in [-0.2, 0) is 4.79 Å². The Labute approximate surface area is 160 Å². The number of hydrogen-bond donors (Lipinski definition) is 2. The van der Waals surface area contributed by atoms with Gasteiger partial charge in [0.1, 0.15) is 0 Å². The predicted octanol–water partition coefficient (Wildman–Crippen LogP) is 3.22. The molecule has 0 aromatic rings. The summed E-state index contributed by atoms with van der Waals surface area (Å²) in [5, 5.41) is 3.22. The summed E-state index contributed by atoms with van der Waals surface area (Å²) in [6, 6.07) is 0.197. The van der Waals surface area contributed by atoms with E-state index in [2.05, 4.69) is 31.0 Å². The Bertz CT molecular complexity index is 382. The Kier molecular flexibility index (Phi) is 10.2. The minimum Gasteiger partial charge on any atom is -0.352 e. The van der Waals surface area contributed by atoms with E-state index in [1.807, 2.05) is 6.92 Å². The fourth-order valence-corrected chi connectivity index (χ4v) is 4.51. The first kappa shape index (κ1) is 24.0. The molecule has 1 saturated heterocycles. The molecule has 24 heavy (non-hydrogen) atoms. The van der Waals surface area contributed by atoms with E-state index in [0.717, 1.165) is 57.2 Å². The van der Waals surface area contributed by atoms with Gasteiger partial charge in [0.05, 0.1) is 5.92 Å². The van der Waals surface area contributed by atoms with Crippen LogP contribution in [-0.4, -0.2) is 42.0 Å². The molecule has 1 heterocycles. The number of rotatable bonds is 4. The van der Waals surface area contributed by atoms with Crippen molar-refractivity contribution < 1.29 is 4.79 Å². The van der Waals surface area contributed by atoms with Crippen molar-refractivity contribution in [2.75, 3.05) is 19.6 Å². The molecule has 1 amide bonds. The van der Waals surface area contributed by atoms with E-state index in [0.29, 0.717) is 0 Å². The Morgan fingerprint density at radius 3 is 2.38 bits per heavy atom. The van der Waals surface area contributed by atoms with Gasteiger partial charge in [-0.05, 0) is 44.9 Å². The summed E-state index contributed by atoms with van der Waals surface area (Å²) in [4.78, 5) is 15.1. The van der Waals surface area contributed by atoms with Crippen LogP contribution in [0, 0.1) is 17.8 Å². The van der Waals surface area contributed by atoms with Crippen LogP contribution in [0.25, 0.3) is 0 Å². The van der Waals surface area contributed by atoms with E-state index >= 15 is 0 Å². The summed E-state index contributed by atoms with van der Waals surface area (Å²) in [6.07, 6.45) is 5.49. The maximum Gasteiger partial charge on any atom is 0.225 e. The number of halogens is 2. The van der Waals surface area contributed by atoms with Gasteiger partial charge in [-0.3, -0.25) is 4.79 Å². The second-order valence-electron chi connectivity index (χ2n) is 8.38. The number of hydrogen-bond acceptors (Lipinski definition) is 3. The Morgan fingerprint density at radius 2 is 1.83 bits per heavy atom. The van der Waals surface area contributed by atoms with Crippen molar-refractivity contribution in [2.45, 2.75) is 71.4 Å². The van der Waals surface area contributed by atoms with E-state index in [4.69, 9.17) is 5.73 Å². The molecule has 3 N–H and O–H groups in total. The van der Waals surface area contributed by atoms with Crippen LogP contribution in [0.2, 0.25) is 0 Å². The summed E-state index contributed by atoms with van der Waals surface area (Å²) in [6.45, 7) is 12.1. The standard InChI is InChI=1S/C18H35N3O.2ClH/c1-13-9-14(2)11-21(10-13)12-15(3)20-17(22)16-7-5-6-8-18(16,4)19;;/h13-16H,5-12,19H2,1-4H3,(H,20,22);2*1H. The molecule has 0 spiro atoms. The highest BCUT2D eigenvalue weighted by molar-refractivity contribution is 5.85. The van der Waals surface area contributed by atoms with Crippen LogP contribution < -0.4 is 11.1 Å². The summed E-state index contributed by atoms with van der Waals surface area (Å²) >= 11 is 0. The van der Waals surface area contributed by atoms with E-state index in [1.54, 1.807) is 0 Å². The normalized spacial score (nSPS) is 35.3. The highest BCUT2D eigenvalue weighted by Gasteiger charge is 2.38. The van der Waals surface area contributed by atoms with Gasteiger partial charge in [-0.15, -0.1) is 24.8 Å². The topological polar surface area (TPSA) is 58.4 Å². The Balaban J connectivity index is 0.00000264. The van der Waals surface area contributed by atoms with Crippen molar-refractivity contribution in [3.8, 4) is 0 Å². The zero-order valence-corrected chi connectivity index (χ0v) is 17.3. The van der Waals surface area contributed by atoms with Gasteiger partial charge < -0.3 is 16.0 Å². The summed E-state index contributed by atoms with van der Waals surface area (Å²) in [5.74, 6) is 1.66. The number of likely N-dealkylation sites (tertiary alicyclic amines) is 1. The molecule has 1 aliphatic heterocycles. The largest absolute Gasteiger partial charge is 0.352 e. The van der Waals surface area contributed by atoms with E-state index in [-0.39, 0.29) is 48.2 Å². The van der Waals surface area contributed by atoms with Crippen LogP contribution >= 0.6 is 24.8 Å². The monoisotopic (exact) mass is 381 g/mol. The van der Waals surface area contributed by atoms with Gasteiger partial charge in [-0.25, -0.2) is 0 Å². The lowest BCUT2D eigenvalue weighted by Crippen LogP contribution is -2.55. The number of amides is 1. The summed E-state index contributed by atoms with van der Waals surface area (Å²) in [7, 11) is 0. The predicted molar refractivity (Wildman–Crippen MR) is 106 cm³/mol. The maximum atomic E-state index is 12.6. The fraction of sp³-hybridized carbons (Fsp3) is 0.944. The minimum absolute atomic E-state index is 0. The van der Waals surface area contributed by atoms with Crippen LogP contribution in [0.4, 0.5) is 0 Å². The molecule has 1 aliphatic carbocycles. The third-order valence-electron chi connectivity index (χ3n) is 5.44. The molecule has 4 nitrogen and oxygen atoms in total. The average molecular weight is 382 g/mol. The van der Waals surface area contributed by atoms with Gasteiger partial charge in [0.15, 0.2) is 0 Å². The number of nitrogens with zero attached hydrogens (tertiary/aromatic N) is 1. The maximum absolute atomic E-state index is 12.6. The smallest absolute Gasteiger partial charge is 0.225 e. The van der Waals surface area contributed by atoms with Gasteiger partial charge in [0.2, 0.25) is 5.91 Å². The van der Waals surface area contributed by atoms with Gasteiger partial charge in [0, 0.05) is 31.2 Å². The van der Waals surface area contributed by atoms with Crippen molar-refractivity contribution in [3.63, 3.8) is 0 Å². The fourth-order valence-electron chi connectivity index (χ4n) is 4.51. The number of carbonyl (C=O) groups excluding carboxylic acids is 1. The lowest BCUT2D eigenvalue weighted by atomic mass is 9.74. The van der Waals surface area contributed by atoms with E-state index in [9.17, 15) is 4.79 Å².